The molecule has 0 amide bonds. The third-order valence-electron chi connectivity index (χ3n) is 3.98. The second-order valence-corrected chi connectivity index (χ2v) is 6.56. The molecule has 0 spiro atoms. The highest BCUT2D eigenvalue weighted by Crippen LogP contribution is 2.31. The molecule has 4 nitrogen and oxygen atoms in total. The minimum absolute atomic E-state index is 0.757. The highest BCUT2D eigenvalue weighted by Gasteiger charge is 2.08. The number of fused-ring (bicyclic) bond motifs is 1. The van der Waals surface area contributed by atoms with Gasteiger partial charge in [-0.3, -0.25) is 0 Å². The van der Waals surface area contributed by atoms with Crippen molar-refractivity contribution in [3.8, 4) is 17.1 Å². The van der Waals surface area contributed by atoms with Crippen molar-refractivity contribution in [2.75, 3.05) is 12.4 Å². The van der Waals surface area contributed by atoms with Gasteiger partial charge in [0.2, 0.25) is 0 Å². The van der Waals surface area contributed by atoms with Gasteiger partial charge in [-0.25, -0.2) is 4.98 Å². The van der Waals surface area contributed by atoms with Crippen LogP contribution in [0.2, 0.25) is 0 Å². The molecular formula is C20H16BrN3O. The number of hydrogen-bond donors (Lipinski definition) is 2. The number of H-pyrrole nitrogens is 1. The van der Waals surface area contributed by atoms with E-state index < -0.39 is 0 Å². The first-order valence-corrected chi connectivity index (χ1v) is 8.68. The molecule has 0 aliphatic rings. The van der Waals surface area contributed by atoms with Gasteiger partial charge in [0, 0.05) is 15.4 Å². The van der Waals surface area contributed by atoms with Gasteiger partial charge in [0.15, 0.2) is 0 Å². The first kappa shape index (κ1) is 15.7. The van der Waals surface area contributed by atoms with E-state index >= 15 is 0 Å². The summed E-state index contributed by atoms with van der Waals surface area (Å²) in [5, 5.41) is 4.50. The monoisotopic (exact) mass is 393 g/mol. The number of aromatic amines is 1. The predicted molar refractivity (Wildman–Crippen MR) is 106 cm³/mol. The highest BCUT2D eigenvalue weighted by atomic mass is 79.9. The summed E-state index contributed by atoms with van der Waals surface area (Å²) < 4.78 is 6.38. The Morgan fingerprint density at radius 2 is 1.88 bits per heavy atom. The van der Waals surface area contributed by atoms with E-state index in [1.807, 2.05) is 48.5 Å². The molecule has 2 aromatic heterocycles. The summed E-state index contributed by atoms with van der Waals surface area (Å²) >= 11 is 3.49. The minimum Gasteiger partial charge on any atom is -0.495 e. The molecule has 2 aromatic carbocycles. The van der Waals surface area contributed by atoms with Crippen LogP contribution in [-0.2, 0) is 0 Å². The first-order chi connectivity index (χ1) is 12.2. The van der Waals surface area contributed by atoms with Crippen LogP contribution >= 0.6 is 15.9 Å². The van der Waals surface area contributed by atoms with Crippen molar-refractivity contribution >= 4 is 38.3 Å². The third-order valence-corrected chi connectivity index (χ3v) is 4.47. The summed E-state index contributed by atoms with van der Waals surface area (Å²) in [6.07, 6.45) is 0. The zero-order valence-electron chi connectivity index (χ0n) is 13.6. The molecule has 2 N–H and O–H groups in total. The number of nitrogens with zero attached hydrogens (tertiary/aromatic N) is 1. The lowest BCUT2D eigenvalue weighted by atomic mass is 10.2. The van der Waals surface area contributed by atoms with Crippen LogP contribution in [0.1, 0.15) is 0 Å². The number of aromatic nitrogens is 2. The van der Waals surface area contributed by atoms with Gasteiger partial charge in [-0.1, -0.05) is 40.2 Å². The molecule has 25 heavy (non-hydrogen) atoms. The average molecular weight is 394 g/mol. The van der Waals surface area contributed by atoms with Gasteiger partial charge in [0.05, 0.1) is 24.2 Å². The van der Waals surface area contributed by atoms with Crippen LogP contribution in [-0.4, -0.2) is 17.1 Å². The summed E-state index contributed by atoms with van der Waals surface area (Å²) in [6, 6.07) is 22.1. The Bertz CT molecular complexity index is 1010. The average Bonchev–Trinajstić information content (AvgIpc) is 3.06. The molecule has 4 rings (SSSR count). The molecule has 0 saturated heterocycles. The van der Waals surface area contributed by atoms with Crippen molar-refractivity contribution < 1.29 is 4.74 Å². The number of hydrogen-bond acceptors (Lipinski definition) is 3. The fourth-order valence-corrected chi connectivity index (χ4v) is 3.14. The van der Waals surface area contributed by atoms with Gasteiger partial charge in [0.1, 0.15) is 11.6 Å². The van der Waals surface area contributed by atoms with Gasteiger partial charge in [-0.05, 0) is 42.5 Å². The summed E-state index contributed by atoms with van der Waals surface area (Å²) in [7, 11) is 1.66. The van der Waals surface area contributed by atoms with Crippen molar-refractivity contribution in [2.24, 2.45) is 0 Å². The Kier molecular flexibility index (Phi) is 4.15. The van der Waals surface area contributed by atoms with Crippen LogP contribution in [0.4, 0.5) is 11.5 Å². The number of nitrogens with one attached hydrogen (secondary N) is 2. The molecule has 0 radical (unpaired) electrons. The molecule has 0 aliphatic carbocycles. The predicted octanol–water partition coefficient (Wildman–Crippen LogP) is 5.74. The third kappa shape index (κ3) is 3.23. The van der Waals surface area contributed by atoms with E-state index in [0.717, 1.165) is 38.6 Å². The topological polar surface area (TPSA) is 49.9 Å². The normalized spacial score (nSPS) is 10.8. The molecule has 0 unspecified atom stereocenters. The smallest absolute Gasteiger partial charge is 0.142 e. The van der Waals surface area contributed by atoms with Crippen LogP contribution in [0.3, 0.4) is 0 Å². The Labute approximate surface area is 154 Å². The van der Waals surface area contributed by atoms with E-state index in [0.29, 0.717) is 0 Å². The number of para-hydroxylation sites is 1. The van der Waals surface area contributed by atoms with Crippen LogP contribution in [0.15, 0.2) is 71.2 Å². The van der Waals surface area contributed by atoms with Gasteiger partial charge in [0.25, 0.3) is 0 Å². The maximum atomic E-state index is 5.41. The van der Waals surface area contributed by atoms with E-state index in [1.165, 1.54) is 5.39 Å². The molecule has 0 fully saturated rings. The molecule has 0 saturated carbocycles. The lowest BCUT2D eigenvalue weighted by molar-refractivity contribution is 0.416. The zero-order chi connectivity index (χ0) is 17.2. The van der Waals surface area contributed by atoms with Crippen LogP contribution in [0.5, 0.6) is 5.75 Å². The number of rotatable bonds is 4. The number of methoxy groups -OCH3 is 1. The number of pyridine rings is 1. The van der Waals surface area contributed by atoms with Gasteiger partial charge >= 0.3 is 0 Å². The number of anilines is 2. The lowest BCUT2D eigenvalue weighted by Crippen LogP contribution is -1.97. The molecular weight excluding hydrogens is 378 g/mol. The van der Waals surface area contributed by atoms with Crippen molar-refractivity contribution in [1.82, 2.24) is 9.97 Å². The maximum Gasteiger partial charge on any atom is 0.142 e. The van der Waals surface area contributed by atoms with Crippen molar-refractivity contribution in [3.05, 3.63) is 71.2 Å². The van der Waals surface area contributed by atoms with Crippen molar-refractivity contribution in [1.29, 1.82) is 0 Å². The van der Waals surface area contributed by atoms with Gasteiger partial charge < -0.3 is 15.0 Å². The zero-order valence-corrected chi connectivity index (χ0v) is 15.2. The fourth-order valence-electron chi connectivity index (χ4n) is 2.78. The first-order valence-electron chi connectivity index (χ1n) is 7.89. The molecule has 4 aromatic rings. The molecule has 0 bridgehead atoms. The van der Waals surface area contributed by atoms with E-state index in [1.54, 1.807) is 7.11 Å². The fraction of sp³-hybridized carbons (Fsp3) is 0.0500. The maximum absolute atomic E-state index is 5.41. The second kappa shape index (κ2) is 6.61. The number of benzene rings is 2. The van der Waals surface area contributed by atoms with Crippen molar-refractivity contribution in [2.45, 2.75) is 0 Å². The van der Waals surface area contributed by atoms with Crippen molar-refractivity contribution in [3.63, 3.8) is 0 Å². The SMILES string of the molecule is COc1ccc(Br)cc1Nc1cccc(-c2cc3ccccc3[nH]2)n1. The van der Waals surface area contributed by atoms with Crippen LogP contribution in [0, 0.1) is 0 Å². The minimum atomic E-state index is 0.757. The van der Waals surface area contributed by atoms with E-state index in [4.69, 9.17) is 9.72 Å². The van der Waals surface area contributed by atoms with E-state index in [2.05, 4.69) is 44.4 Å². The second-order valence-electron chi connectivity index (χ2n) is 5.65. The Morgan fingerprint density at radius 3 is 2.72 bits per heavy atom. The Hall–Kier alpha value is -2.79. The van der Waals surface area contributed by atoms with E-state index in [-0.39, 0.29) is 0 Å². The highest BCUT2D eigenvalue weighted by molar-refractivity contribution is 9.10. The Morgan fingerprint density at radius 1 is 1.00 bits per heavy atom. The molecule has 124 valence electrons. The van der Waals surface area contributed by atoms with Gasteiger partial charge in [-0.15, -0.1) is 0 Å². The largest absolute Gasteiger partial charge is 0.495 e. The Balaban J connectivity index is 1.69. The lowest BCUT2D eigenvalue weighted by Gasteiger charge is -2.11. The van der Waals surface area contributed by atoms with Crippen LogP contribution in [0.25, 0.3) is 22.3 Å². The van der Waals surface area contributed by atoms with E-state index in [9.17, 15) is 0 Å². The summed E-state index contributed by atoms with van der Waals surface area (Å²) in [5.74, 6) is 1.52. The summed E-state index contributed by atoms with van der Waals surface area (Å²) in [4.78, 5) is 8.14. The molecule has 2 heterocycles. The summed E-state index contributed by atoms with van der Waals surface area (Å²) in [6.45, 7) is 0. The quantitative estimate of drug-likeness (QED) is 0.464. The number of halogens is 1. The molecule has 0 atom stereocenters. The standard InChI is InChI=1S/C20H16BrN3O/c1-25-19-10-9-14(21)12-18(19)24-20-8-4-7-16(23-20)17-11-13-5-2-3-6-15(13)22-17/h2-12,22H,1H3,(H,23,24). The molecule has 0 aliphatic heterocycles. The van der Waals surface area contributed by atoms with Crippen LogP contribution < -0.4 is 10.1 Å². The number of ether oxygens (including phenoxy) is 1. The van der Waals surface area contributed by atoms with Gasteiger partial charge in [-0.2, -0.15) is 0 Å². The summed E-state index contributed by atoms with van der Waals surface area (Å²) in [5.41, 5.74) is 3.84. The molecule has 5 heteroatoms.